The summed E-state index contributed by atoms with van der Waals surface area (Å²) in [5.74, 6) is -0.272. The first-order valence-corrected chi connectivity index (χ1v) is 6.56. The van der Waals surface area contributed by atoms with E-state index in [1.807, 2.05) is 0 Å². The van der Waals surface area contributed by atoms with E-state index in [-0.39, 0.29) is 0 Å². The van der Waals surface area contributed by atoms with Crippen LogP contribution < -0.4 is 5.32 Å². The Morgan fingerprint density at radius 3 is 3.00 bits per heavy atom. The Bertz CT molecular complexity index is 550. The third-order valence-corrected chi connectivity index (χ3v) is 3.51. The van der Waals surface area contributed by atoms with Gasteiger partial charge in [-0.3, -0.25) is 4.79 Å². The molecule has 0 amide bonds. The molecule has 0 unspecified atom stereocenters. The van der Waals surface area contributed by atoms with Crippen molar-refractivity contribution in [1.29, 1.82) is 0 Å². The molecule has 0 fully saturated rings. The maximum absolute atomic E-state index is 11.1. The van der Waals surface area contributed by atoms with Crippen LogP contribution in [0.15, 0.2) is 16.3 Å². The molecule has 2 rings (SSSR count). The smallest absolute Gasteiger partial charge is 0.315 e. The molecule has 0 spiro atoms. The van der Waals surface area contributed by atoms with Gasteiger partial charge in [-0.25, -0.2) is 4.98 Å². The van der Waals surface area contributed by atoms with Gasteiger partial charge in [0.25, 0.3) is 0 Å². The van der Waals surface area contributed by atoms with Gasteiger partial charge >= 0.3 is 5.97 Å². The molecule has 0 saturated heterocycles. The van der Waals surface area contributed by atoms with Crippen molar-refractivity contribution < 1.29 is 14.4 Å². The number of hydrogen-bond donors (Lipinski definition) is 2. The molecule has 7 nitrogen and oxygen atoms in total. The summed E-state index contributed by atoms with van der Waals surface area (Å²) < 4.78 is 4.63. The number of aliphatic carboxylic acids is 1. The standard InChI is InChI=1S/C11H14N4O3S/c1-11(2,9(16)17)7-5-19-10(14-7)12-4-3-8-13-6-18-15-8/h5-6H,3-4H2,1-2H3,(H,12,14)(H,16,17). The molecule has 8 heteroatoms. The lowest BCUT2D eigenvalue weighted by molar-refractivity contribution is -0.142. The number of carboxylic acids is 1. The third-order valence-electron chi connectivity index (χ3n) is 2.71. The molecule has 0 atom stereocenters. The van der Waals surface area contributed by atoms with Crippen LogP contribution in [0.25, 0.3) is 0 Å². The Labute approximate surface area is 113 Å². The SMILES string of the molecule is CC(C)(C(=O)O)c1csc(NCCc2ncon2)n1. The van der Waals surface area contributed by atoms with Crippen LogP contribution in [0.3, 0.4) is 0 Å². The highest BCUT2D eigenvalue weighted by Crippen LogP contribution is 2.27. The minimum Gasteiger partial charge on any atom is -0.481 e. The number of nitrogens with one attached hydrogen (secondary N) is 1. The van der Waals surface area contributed by atoms with Crippen LogP contribution >= 0.6 is 11.3 Å². The number of anilines is 1. The van der Waals surface area contributed by atoms with Crippen molar-refractivity contribution in [1.82, 2.24) is 15.1 Å². The van der Waals surface area contributed by atoms with E-state index in [0.717, 1.165) is 0 Å². The van der Waals surface area contributed by atoms with Gasteiger partial charge in [-0.1, -0.05) is 5.16 Å². The minimum absolute atomic E-state index is 0.548. The van der Waals surface area contributed by atoms with Gasteiger partial charge in [0.05, 0.1) is 5.69 Å². The lowest BCUT2D eigenvalue weighted by atomic mass is 9.90. The number of aromatic nitrogens is 3. The molecule has 19 heavy (non-hydrogen) atoms. The fourth-order valence-corrected chi connectivity index (χ4v) is 2.24. The van der Waals surface area contributed by atoms with Crippen molar-refractivity contribution in [2.75, 3.05) is 11.9 Å². The van der Waals surface area contributed by atoms with E-state index in [1.165, 1.54) is 17.7 Å². The highest BCUT2D eigenvalue weighted by molar-refractivity contribution is 7.13. The van der Waals surface area contributed by atoms with E-state index in [0.29, 0.717) is 29.6 Å². The second-order valence-electron chi connectivity index (χ2n) is 4.49. The predicted molar refractivity (Wildman–Crippen MR) is 69.3 cm³/mol. The van der Waals surface area contributed by atoms with Crippen LogP contribution in [-0.2, 0) is 16.6 Å². The molecule has 0 aliphatic rings. The minimum atomic E-state index is -0.982. The first kappa shape index (κ1) is 13.5. The van der Waals surface area contributed by atoms with Gasteiger partial charge in [-0.2, -0.15) is 4.98 Å². The zero-order valence-corrected chi connectivity index (χ0v) is 11.4. The lowest BCUT2D eigenvalue weighted by Crippen LogP contribution is -2.28. The van der Waals surface area contributed by atoms with Crippen LogP contribution in [-0.4, -0.2) is 32.7 Å². The maximum atomic E-state index is 11.1. The monoisotopic (exact) mass is 282 g/mol. The zero-order chi connectivity index (χ0) is 13.9. The predicted octanol–water partition coefficient (Wildman–Crippen LogP) is 1.54. The summed E-state index contributed by atoms with van der Waals surface area (Å²) in [7, 11) is 0. The van der Waals surface area contributed by atoms with Gasteiger partial charge in [0.1, 0.15) is 5.41 Å². The van der Waals surface area contributed by atoms with Crippen LogP contribution in [0.2, 0.25) is 0 Å². The van der Waals surface area contributed by atoms with Crippen LogP contribution in [0.5, 0.6) is 0 Å². The van der Waals surface area contributed by atoms with Crippen molar-refractivity contribution in [3.63, 3.8) is 0 Å². The Morgan fingerprint density at radius 1 is 1.58 bits per heavy atom. The largest absolute Gasteiger partial charge is 0.481 e. The molecule has 2 aromatic heterocycles. The van der Waals surface area contributed by atoms with E-state index in [4.69, 9.17) is 5.11 Å². The number of carbonyl (C=O) groups is 1. The third kappa shape index (κ3) is 3.08. The summed E-state index contributed by atoms with van der Waals surface area (Å²) in [6.07, 6.45) is 1.90. The van der Waals surface area contributed by atoms with E-state index in [1.54, 1.807) is 19.2 Å². The van der Waals surface area contributed by atoms with Gasteiger partial charge in [0, 0.05) is 18.3 Å². The first-order valence-electron chi connectivity index (χ1n) is 5.68. The fraction of sp³-hybridized carbons (Fsp3) is 0.455. The van der Waals surface area contributed by atoms with Crippen molar-refractivity contribution >= 4 is 22.4 Å². The van der Waals surface area contributed by atoms with Crippen molar-refractivity contribution in [2.45, 2.75) is 25.7 Å². The highest BCUT2D eigenvalue weighted by atomic mass is 32.1. The summed E-state index contributed by atoms with van der Waals surface area (Å²) >= 11 is 1.38. The first-order chi connectivity index (χ1) is 9.00. The molecule has 0 aliphatic carbocycles. The second-order valence-corrected chi connectivity index (χ2v) is 5.35. The van der Waals surface area contributed by atoms with Crippen LogP contribution in [0.1, 0.15) is 25.4 Å². The lowest BCUT2D eigenvalue weighted by Gasteiger charge is -2.15. The topological polar surface area (TPSA) is 101 Å². The summed E-state index contributed by atoms with van der Waals surface area (Å²) in [6, 6.07) is 0. The Morgan fingerprint density at radius 2 is 2.37 bits per heavy atom. The van der Waals surface area contributed by atoms with E-state index in [9.17, 15) is 4.79 Å². The number of nitrogens with zero attached hydrogens (tertiary/aromatic N) is 3. The number of thiazole rings is 1. The molecule has 0 radical (unpaired) electrons. The quantitative estimate of drug-likeness (QED) is 0.828. The molecule has 0 aliphatic heterocycles. The highest BCUT2D eigenvalue weighted by Gasteiger charge is 2.32. The van der Waals surface area contributed by atoms with Crippen molar-refractivity contribution in [3.05, 3.63) is 23.3 Å². The molecule has 2 aromatic rings. The molecule has 0 bridgehead atoms. The molecule has 102 valence electrons. The molecular formula is C11H14N4O3S. The average Bonchev–Trinajstić information content (AvgIpc) is 2.99. The fourth-order valence-electron chi connectivity index (χ4n) is 1.34. The Balaban J connectivity index is 1.92. The van der Waals surface area contributed by atoms with Gasteiger partial charge in [0.15, 0.2) is 11.0 Å². The van der Waals surface area contributed by atoms with E-state index < -0.39 is 11.4 Å². The second kappa shape index (κ2) is 5.35. The molecular weight excluding hydrogens is 268 g/mol. The number of carboxylic acid groups (broad SMARTS) is 1. The number of rotatable bonds is 6. The molecule has 2 N–H and O–H groups in total. The van der Waals surface area contributed by atoms with Gasteiger partial charge in [-0.05, 0) is 13.8 Å². The van der Waals surface area contributed by atoms with Gasteiger partial charge in [-0.15, -0.1) is 11.3 Å². The van der Waals surface area contributed by atoms with E-state index >= 15 is 0 Å². The van der Waals surface area contributed by atoms with Gasteiger partial charge in [0.2, 0.25) is 6.39 Å². The summed E-state index contributed by atoms with van der Waals surface area (Å²) in [6.45, 7) is 3.88. The summed E-state index contributed by atoms with van der Waals surface area (Å²) in [5.41, 5.74) is -0.434. The Hall–Kier alpha value is -1.96. The normalized spacial score (nSPS) is 11.5. The van der Waals surface area contributed by atoms with Crippen molar-refractivity contribution in [2.24, 2.45) is 0 Å². The molecule has 0 aromatic carbocycles. The Kier molecular flexibility index (Phi) is 3.79. The van der Waals surface area contributed by atoms with Crippen LogP contribution in [0.4, 0.5) is 5.13 Å². The van der Waals surface area contributed by atoms with Crippen molar-refractivity contribution in [3.8, 4) is 0 Å². The molecule has 2 heterocycles. The number of hydrogen-bond acceptors (Lipinski definition) is 7. The maximum Gasteiger partial charge on any atom is 0.315 e. The van der Waals surface area contributed by atoms with Gasteiger partial charge < -0.3 is 14.9 Å². The molecule has 0 saturated carbocycles. The van der Waals surface area contributed by atoms with E-state index in [2.05, 4.69) is 25.0 Å². The zero-order valence-electron chi connectivity index (χ0n) is 10.6. The average molecular weight is 282 g/mol. The summed E-state index contributed by atoms with van der Waals surface area (Å²) in [5, 5.41) is 18.4. The van der Waals surface area contributed by atoms with Crippen LogP contribution in [0, 0.1) is 0 Å². The summed E-state index contributed by atoms with van der Waals surface area (Å²) in [4.78, 5) is 19.3.